The Morgan fingerprint density at radius 3 is 2.24 bits per heavy atom. The summed E-state index contributed by atoms with van der Waals surface area (Å²) in [6.45, 7) is 5.52. The maximum Gasteiger partial charge on any atom is 0.404 e. The van der Waals surface area contributed by atoms with E-state index in [1.54, 1.807) is 13.8 Å². The molecule has 0 aromatic heterocycles. The number of amides is 1. The molecular formula is C16H24ClN3O4S. The number of sulfonamides is 1. The Morgan fingerprint density at radius 2 is 1.76 bits per heavy atom. The minimum Gasteiger partial charge on any atom is -0.465 e. The molecule has 0 unspecified atom stereocenters. The molecule has 0 spiro atoms. The van der Waals surface area contributed by atoms with Crippen LogP contribution in [0.3, 0.4) is 0 Å². The number of piperazine rings is 1. The molecular weight excluding hydrogens is 366 g/mol. The number of carboxylic acid groups (broad SMARTS) is 1. The fourth-order valence-electron chi connectivity index (χ4n) is 2.77. The monoisotopic (exact) mass is 389 g/mol. The molecule has 2 rings (SSSR count). The van der Waals surface area contributed by atoms with E-state index in [1.807, 2.05) is 24.3 Å². The zero-order chi connectivity index (χ0) is 18.6. The second-order valence-electron chi connectivity index (χ2n) is 6.44. The standard InChI is InChI=1S/C16H24ClN3O4S/c1-12(2)15(18-16(21)22)11-25(23,24)20-9-7-19(8-10-20)14-5-3-13(17)4-6-14/h3-6,12,15,18H,7-11H2,1-2H3,(H,21,22)/t15-/m1/s1. The quantitative estimate of drug-likeness (QED) is 0.777. The van der Waals surface area contributed by atoms with Crippen molar-refractivity contribution in [3.8, 4) is 0 Å². The summed E-state index contributed by atoms with van der Waals surface area (Å²) in [7, 11) is -3.53. The van der Waals surface area contributed by atoms with Gasteiger partial charge in [-0.25, -0.2) is 13.2 Å². The van der Waals surface area contributed by atoms with Crippen LogP contribution in [0.15, 0.2) is 24.3 Å². The number of benzene rings is 1. The molecule has 1 fully saturated rings. The fourth-order valence-corrected chi connectivity index (χ4v) is 4.75. The second-order valence-corrected chi connectivity index (χ2v) is 8.89. The van der Waals surface area contributed by atoms with Crippen LogP contribution in [0, 0.1) is 5.92 Å². The summed E-state index contributed by atoms with van der Waals surface area (Å²) < 4.78 is 26.7. The molecule has 9 heteroatoms. The second kappa shape index (κ2) is 8.25. The van der Waals surface area contributed by atoms with Gasteiger partial charge in [-0.05, 0) is 30.2 Å². The van der Waals surface area contributed by atoms with Crippen LogP contribution in [0.4, 0.5) is 10.5 Å². The molecule has 1 aromatic rings. The van der Waals surface area contributed by atoms with E-state index >= 15 is 0 Å². The molecule has 2 N–H and O–H groups in total. The third kappa shape index (κ3) is 5.49. The number of nitrogens with zero attached hydrogens (tertiary/aromatic N) is 2. The molecule has 1 saturated heterocycles. The van der Waals surface area contributed by atoms with Crippen LogP contribution in [-0.4, -0.2) is 61.9 Å². The van der Waals surface area contributed by atoms with Crippen molar-refractivity contribution in [2.75, 3.05) is 36.8 Å². The van der Waals surface area contributed by atoms with Crippen LogP contribution < -0.4 is 10.2 Å². The van der Waals surface area contributed by atoms with Crippen molar-refractivity contribution < 1.29 is 18.3 Å². The molecule has 1 aliphatic heterocycles. The molecule has 1 amide bonds. The Labute approximate surface area is 153 Å². The van der Waals surface area contributed by atoms with Crippen molar-refractivity contribution in [2.24, 2.45) is 5.92 Å². The van der Waals surface area contributed by atoms with E-state index in [0.29, 0.717) is 31.2 Å². The van der Waals surface area contributed by atoms with Crippen molar-refractivity contribution in [1.82, 2.24) is 9.62 Å². The first-order valence-corrected chi connectivity index (χ1v) is 10.2. The van der Waals surface area contributed by atoms with Gasteiger partial charge in [0, 0.05) is 42.9 Å². The van der Waals surface area contributed by atoms with Crippen molar-refractivity contribution in [3.63, 3.8) is 0 Å². The Morgan fingerprint density at radius 1 is 1.20 bits per heavy atom. The molecule has 25 heavy (non-hydrogen) atoms. The Kier molecular flexibility index (Phi) is 6.53. The lowest BCUT2D eigenvalue weighted by molar-refractivity contribution is 0.187. The van der Waals surface area contributed by atoms with Gasteiger partial charge in [0.1, 0.15) is 0 Å². The van der Waals surface area contributed by atoms with Crippen LogP contribution >= 0.6 is 11.6 Å². The van der Waals surface area contributed by atoms with Crippen LogP contribution in [-0.2, 0) is 10.0 Å². The highest BCUT2D eigenvalue weighted by molar-refractivity contribution is 7.89. The average Bonchev–Trinajstić information content (AvgIpc) is 2.54. The number of hydrogen-bond acceptors (Lipinski definition) is 4. The van der Waals surface area contributed by atoms with Gasteiger partial charge < -0.3 is 15.3 Å². The number of hydrogen-bond donors (Lipinski definition) is 2. The Bertz CT molecular complexity index is 686. The van der Waals surface area contributed by atoms with Gasteiger partial charge in [0.2, 0.25) is 10.0 Å². The SMILES string of the molecule is CC(C)[C@@H](CS(=O)(=O)N1CCN(c2ccc(Cl)cc2)CC1)NC(=O)O. The largest absolute Gasteiger partial charge is 0.465 e. The predicted molar refractivity (Wildman–Crippen MR) is 98.8 cm³/mol. The summed E-state index contributed by atoms with van der Waals surface area (Å²) in [5, 5.41) is 11.8. The smallest absolute Gasteiger partial charge is 0.404 e. The minimum absolute atomic E-state index is 0.110. The lowest BCUT2D eigenvalue weighted by Crippen LogP contribution is -2.52. The van der Waals surface area contributed by atoms with E-state index in [0.717, 1.165) is 5.69 Å². The zero-order valence-corrected chi connectivity index (χ0v) is 15.9. The number of halogens is 1. The lowest BCUT2D eigenvalue weighted by atomic mass is 10.1. The van der Waals surface area contributed by atoms with Gasteiger partial charge in [-0.3, -0.25) is 0 Å². The highest BCUT2D eigenvalue weighted by Crippen LogP contribution is 2.21. The Balaban J connectivity index is 1.98. The van der Waals surface area contributed by atoms with Crippen LogP contribution in [0.2, 0.25) is 5.02 Å². The van der Waals surface area contributed by atoms with Crippen LogP contribution in [0.25, 0.3) is 0 Å². The minimum atomic E-state index is -3.53. The van der Waals surface area contributed by atoms with Crippen LogP contribution in [0.1, 0.15) is 13.8 Å². The molecule has 0 radical (unpaired) electrons. The van der Waals surface area contributed by atoms with Crippen LogP contribution in [0.5, 0.6) is 0 Å². The number of nitrogens with one attached hydrogen (secondary N) is 1. The predicted octanol–water partition coefficient (Wildman–Crippen LogP) is 2.08. The van der Waals surface area contributed by atoms with Crippen molar-refractivity contribution in [2.45, 2.75) is 19.9 Å². The Hall–Kier alpha value is -1.51. The van der Waals surface area contributed by atoms with E-state index in [9.17, 15) is 13.2 Å². The molecule has 140 valence electrons. The van der Waals surface area contributed by atoms with Gasteiger partial charge in [-0.1, -0.05) is 25.4 Å². The molecule has 1 atom stereocenters. The van der Waals surface area contributed by atoms with Gasteiger partial charge in [-0.15, -0.1) is 0 Å². The first kappa shape index (κ1) is 19.8. The number of rotatable bonds is 6. The number of anilines is 1. The van der Waals surface area contributed by atoms with Gasteiger partial charge in [0.15, 0.2) is 0 Å². The van der Waals surface area contributed by atoms with Gasteiger partial charge in [0.05, 0.1) is 5.75 Å². The fraction of sp³-hybridized carbons (Fsp3) is 0.562. The van der Waals surface area contributed by atoms with E-state index < -0.39 is 22.2 Å². The summed E-state index contributed by atoms with van der Waals surface area (Å²) in [6.07, 6.45) is -1.21. The van der Waals surface area contributed by atoms with Crippen molar-refractivity contribution in [1.29, 1.82) is 0 Å². The summed E-state index contributed by atoms with van der Waals surface area (Å²) >= 11 is 5.89. The maximum atomic E-state index is 12.6. The summed E-state index contributed by atoms with van der Waals surface area (Å²) in [6, 6.07) is 6.82. The third-order valence-electron chi connectivity index (χ3n) is 4.33. The van der Waals surface area contributed by atoms with Gasteiger partial charge in [0.25, 0.3) is 0 Å². The molecule has 1 aromatic carbocycles. The summed E-state index contributed by atoms with van der Waals surface area (Å²) in [5.41, 5.74) is 1.01. The first-order valence-electron chi connectivity index (χ1n) is 8.17. The first-order chi connectivity index (χ1) is 11.7. The topological polar surface area (TPSA) is 90.0 Å². The number of carbonyl (C=O) groups is 1. The molecule has 1 heterocycles. The normalized spacial score (nSPS) is 17.5. The van der Waals surface area contributed by atoms with E-state index in [4.69, 9.17) is 16.7 Å². The van der Waals surface area contributed by atoms with Crippen molar-refractivity contribution >= 4 is 33.4 Å². The molecule has 0 saturated carbocycles. The molecule has 1 aliphatic rings. The zero-order valence-electron chi connectivity index (χ0n) is 14.4. The third-order valence-corrected chi connectivity index (χ3v) is 6.51. The summed E-state index contributed by atoms with van der Waals surface area (Å²) in [4.78, 5) is 13.0. The van der Waals surface area contributed by atoms with E-state index in [2.05, 4.69) is 10.2 Å². The summed E-state index contributed by atoms with van der Waals surface area (Å²) in [5.74, 6) is -0.334. The van der Waals surface area contributed by atoms with E-state index in [-0.39, 0.29) is 11.7 Å². The van der Waals surface area contributed by atoms with Crippen molar-refractivity contribution in [3.05, 3.63) is 29.3 Å². The van der Waals surface area contributed by atoms with E-state index in [1.165, 1.54) is 4.31 Å². The maximum absolute atomic E-state index is 12.6. The molecule has 0 bridgehead atoms. The average molecular weight is 390 g/mol. The van der Waals surface area contributed by atoms with Gasteiger partial charge >= 0.3 is 6.09 Å². The highest BCUT2D eigenvalue weighted by atomic mass is 35.5. The molecule has 7 nitrogen and oxygen atoms in total. The van der Waals surface area contributed by atoms with Gasteiger partial charge in [-0.2, -0.15) is 4.31 Å². The molecule has 0 aliphatic carbocycles. The lowest BCUT2D eigenvalue weighted by Gasteiger charge is -2.36. The highest BCUT2D eigenvalue weighted by Gasteiger charge is 2.31.